The fourth-order valence-corrected chi connectivity index (χ4v) is 4.10. The molecule has 1 heterocycles. The molecular formula is C28H32BrN3O5. The molecule has 0 atom stereocenters. The first-order valence-electron chi connectivity index (χ1n) is 12.2. The van der Waals surface area contributed by atoms with E-state index in [0.717, 1.165) is 22.9 Å². The molecule has 0 fully saturated rings. The summed E-state index contributed by atoms with van der Waals surface area (Å²) in [6, 6.07) is 9.04. The molecule has 0 N–H and O–H groups in total. The van der Waals surface area contributed by atoms with E-state index in [-0.39, 0.29) is 18.3 Å². The van der Waals surface area contributed by atoms with Crippen molar-refractivity contribution in [1.29, 1.82) is 0 Å². The van der Waals surface area contributed by atoms with Crippen LogP contribution < -0.4 is 15.0 Å². The van der Waals surface area contributed by atoms with Crippen molar-refractivity contribution in [3.63, 3.8) is 0 Å². The van der Waals surface area contributed by atoms with Gasteiger partial charge in [-0.05, 0) is 62.6 Å². The van der Waals surface area contributed by atoms with Gasteiger partial charge >= 0.3 is 5.97 Å². The second-order valence-corrected chi connectivity index (χ2v) is 9.60. The average molecular weight is 570 g/mol. The van der Waals surface area contributed by atoms with Gasteiger partial charge in [0.25, 0.3) is 5.56 Å². The molecule has 0 saturated heterocycles. The van der Waals surface area contributed by atoms with Crippen LogP contribution in [0.15, 0.2) is 57.4 Å². The standard InChI is InChI=1S/C28H32BrN3O5/c1-6-8-10-25-31-23-12-11-21(29)15-22(23)28(34)32(25)30-16-19-13-20(9-7-2)27(24(14-19)35-5)36-17-26(33)37-18(3)4/h7,11-16,18H,2,6,8-10,17H2,1,3-5H3. The molecule has 196 valence electrons. The number of fused-ring (bicyclic) bond motifs is 1. The van der Waals surface area contributed by atoms with Crippen LogP contribution in [0.1, 0.15) is 50.6 Å². The molecule has 37 heavy (non-hydrogen) atoms. The van der Waals surface area contributed by atoms with Crippen LogP contribution in [0.5, 0.6) is 11.5 Å². The van der Waals surface area contributed by atoms with Crippen molar-refractivity contribution >= 4 is 39.0 Å². The number of nitrogens with zero attached hydrogens (tertiary/aromatic N) is 3. The first kappa shape index (κ1) is 28.1. The van der Waals surface area contributed by atoms with Crippen molar-refractivity contribution in [1.82, 2.24) is 9.66 Å². The molecule has 0 amide bonds. The predicted octanol–water partition coefficient (Wildman–Crippen LogP) is 5.45. The molecule has 9 heteroatoms. The average Bonchev–Trinajstić information content (AvgIpc) is 2.86. The van der Waals surface area contributed by atoms with E-state index in [9.17, 15) is 9.59 Å². The molecule has 0 aliphatic carbocycles. The van der Waals surface area contributed by atoms with Crippen LogP contribution >= 0.6 is 15.9 Å². The number of halogens is 1. The van der Waals surface area contributed by atoms with Crippen molar-refractivity contribution in [2.24, 2.45) is 5.10 Å². The fourth-order valence-electron chi connectivity index (χ4n) is 3.74. The molecule has 3 aromatic rings. The van der Waals surface area contributed by atoms with E-state index in [1.54, 1.807) is 38.3 Å². The lowest BCUT2D eigenvalue weighted by molar-refractivity contribution is -0.149. The third kappa shape index (κ3) is 7.29. The Morgan fingerprint density at radius 3 is 2.73 bits per heavy atom. The third-order valence-corrected chi connectivity index (χ3v) is 5.88. The quantitative estimate of drug-likeness (QED) is 0.163. The number of hydrogen-bond acceptors (Lipinski definition) is 7. The van der Waals surface area contributed by atoms with Crippen LogP contribution in [0.2, 0.25) is 0 Å². The van der Waals surface area contributed by atoms with Gasteiger partial charge < -0.3 is 14.2 Å². The topological polar surface area (TPSA) is 92.0 Å². The van der Waals surface area contributed by atoms with Crippen molar-refractivity contribution in [3.05, 3.63) is 74.8 Å². The Bertz CT molecular complexity index is 1360. The molecule has 0 saturated carbocycles. The first-order valence-corrected chi connectivity index (χ1v) is 13.0. The van der Waals surface area contributed by atoms with Gasteiger partial charge in [0.15, 0.2) is 18.1 Å². The minimum absolute atomic E-state index is 0.236. The summed E-state index contributed by atoms with van der Waals surface area (Å²) in [5.74, 6) is 0.983. The summed E-state index contributed by atoms with van der Waals surface area (Å²) in [5.41, 5.74) is 1.84. The highest BCUT2D eigenvalue weighted by atomic mass is 79.9. The molecule has 3 rings (SSSR count). The summed E-state index contributed by atoms with van der Waals surface area (Å²) in [7, 11) is 1.52. The summed E-state index contributed by atoms with van der Waals surface area (Å²) >= 11 is 3.43. The van der Waals surface area contributed by atoms with Gasteiger partial charge in [0.2, 0.25) is 0 Å². The number of aryl methyl sites for hydroxylation is 1. The number of carbonyl (C=O) groups is 1. The molecule has 0 aliphatic heterocycles. The second-order valence-electron chi connectivity index (χ2n) is 8.69. The molecule has 8 nitrogen and oxygen atoms in total. The van der Waals surface area contributed by atoms with Gasteiger partial charge in [-0.1, -0.05) is 35.4 Å². The predicted molar refractivity (Wildman–Crippen MR) is 149 cm³/mol. The number of esters is 1. The summed E-state index contributed by atoms with van der Waals surface area (Å²) in [6.45, 7) is 9.21. The normalized spacial score (nSPS) is 11.3. The highest BCUT2D eigenvalue weighted by molar-refractivity contribution is 9.10. The van der Waals surface area contributed by atoms with Gasteiger partial charge in [-0.25, -0.2) is 9.78 Å². The Labute approximate surface area is 225 Å². The van der Waals surface area contributed by atoms with Crippen LogP contribution in [0, 0.1) is 0 Å². The van der Waals surface area contributed by atoms with Gasteiger partial charge in [-0.3, -0.25) is 4.79 Å². The minimum Gasteiger partial charge on any atom is -0.493 e. The number of unbranched alkanes of at least 4 members (excludes halogenated alkanes) is 1. The molecule has 2 aromatic carbocycles. The van der Waals surface area contributed by atoms with Gasteiger partial charge in [0.1, 0.15) is 5.82 Å². The van der Waals surface area contributed by atoms with E-state index in [1.807, 2.05) is 18.2 Å². The first-order chi connectivity index (χ1) is 17.8. The van der Waals surface area contributed by atoms with E-state index < -0.39 is 5.97 Å². The number of rotatable bonds is 12. The fraction of sp³-hybridized carbons (Fsp3) is 0.357. The Balaban J connectivity index is 2.02. The van der Waals surface area contributed by atoms with Crippen molar-refractivity contribution in [3.8, 4) is 11.5 Å². The molecular weight excluding hydrogens is 538 g/mol. The molecule has 0 bridgehead atoms. The Morgan fingerprint density at radius 2 is 2.05 bits per heavy atom. The lowest BCUT2D eigenvalue weighted by atomic mass is 10.1. The maximum Gasteiger partial charge on any atom is 0.344 e. The number of allylic oxidation sites excluding steroid dienone is 1. The van der Waals surface area contributed by atoms with Crippen LogP contribution in [0.4, 0.5) is 0 Å². The highest BCUT2D eigenvalue weighted by Crippen LogP contribution is 2.33. The molecule has 1 aromatic heterocycles. The number of methoxy groups -OCH3 is 1. The smallest absolute Gasteiger partial charge is 0.344 e. The maximum absolute atomic E-state index is 13.3. The number of benzene rings is 2. The number of ether oxygens (including phenoxy) is 3. The zero-order chi connectivity index (χ0) is 26.9. The van der Waals surface area contributed by atoms with Gasteiger partial charge in [-0.2, -0.15) is 9.78 Å². The van der Waals surface area contributed by atoms with Gasteiger partial charge in [0.05, 0.1) is 30.3 Å². The lowest BCUT2D eigenvalue weighted by Crippen LogP contribution is -2.22. The summed E-state index contributed by atoms with van der Waals surface area (Å²) in [4.78, 5) is 30.1. The largest absolute Gasteiger partial charge is 0.493 e. The molecule has 0 aliphatic rings. The lowest BCUT2D eigenvalue weighted by Gasteiger charge is -2.16. The van der Waals surface area contributed by atoms with Gasteiger partial charge in [-0.15, -0.1) is 6.58 Å². The minimum atomic E-state index is -0.471. The van der Waals surface area contributed by atoms with E-state index >= 15 is 0 Å². The molecule has 0 radical (unpaired) electrons. The maximum atomic E-state index is 13.3. The van der Waals surface area contributed by atoms with Gasteiger partial charge in [0, 0.05) is 16.5 Å². The highest BCUT2D eigenvalue weighted by Gasteiger charge is 2.16. The van der Waals surface area contributed by atoms with Crippen molar-refractivity contribution in [2.75, 3.05) is 13.7 Å². The van der Waals surface area contributed by atoms with Crippen molar-refractivity contribution < 1.29 is 19.0 Å². The molecule has 0 spiro atoms. The Morgan fingerprint density at radius 1 is 1.27 bits per heavy atom. The Hall–Kier alpha value is -3.46. The van der Waals surface area contributed by atoms with Crippen LogP contribution in [0.3, 0.4) is 0 Å². The van der Waals surface area contributed by atoms with Crippen LogP contribution in [-0.2, 0) is 22.4 Å². The zero-order valence-corrected chi connectivity index (χ0v) is 23.2. The summed E-state index contributed by atoms with van der Waals surface area (Å²) < 4.78 is 18.6. The van der Waals surface area contributed by atoms with Crippen LogP contribution in [0.25, 0.3) is 10.9 Å². The Kier molecular flexibility index (Phi) is 10.0. The van der Waals surface area contributed by atoms with E-state index in [0.29, 0.717) is 46.6 Å². The van der Waals surface area contributed by atoms with E-state index in [1.165, 1.54) is 11.8 Å². The molecule has 0 unspecified atom stereocenters. The number of carbonyl (C=O) groups excluding carboxylic acids is 1. The van der Waals surface area contributed by atoms with E-state index in [4.69, 9.17) is 19.2 Å². The number of aromatic nitrogens is 2. The summed E-state index contributed by atoms with van der Waals surface area (Å²) in [5, 5.41) is 5.01. The van der Waals surface area contributed by atoms with Crippen LogP contribution in [-0.4, -0.2) is 41.7 Å². The monoisotopic (exact) mass is 569 g/mol. The SMILES string of the molecule is C=CCc1cc(C=Nn2c(CCCC)nc3ccc(Br)cc3c2=O)cc(OC)c1OCC(=O)OC(C)C. The number of hydrogen-bond donors (Lipinski definition) is 0. The zero-order valence-electron chi connectivity index (χ0n) is 21.6. The third-order valence-electron chi connectivity index (χ3n) is 5.39. The van der Waals surface area contributed by atoms with Crippen molar-refractivity contribution in [2.45, 2.75) is 52.6 Å². The van der Waals surface area contributed by atoms with E-state index in [2.05, 4.69) is 34.5 Å². The second kappa shape index (κ2) is 13.2. The summed E-state index contributed by atoms with van der Waals surface area (Å²) in [6.07, 6.45) is 6.03.